The summed E-state index contributed by atoms with van der Waals surface area (Å²) in [7, 11) is 0. The highest BCUT2D eigenvalue weighted by Gasteiger charge is 2.34. The van der Waals surface area contributed by atoms with E-state index in [1.807, 2.05) is 0 Å². The van der Waals surface area contributed by atoms with E-state index in [0.29, 0.717) is 19.6 Å². The molecule has 0 amide bonds. The zero-order valence-corrected chi connectivity index (χ0v) is 6.40. The molecule has 1 fully saturated rings. The number of aliphatic hydroxyl groups is 1. The molecule has 1 heterocycles. The van der Waals surface area contributed by atoms with Crippen LogP contribution in [0.15, 0.2) is 5.11 Å². The number of azide groups is 1. The molecule has 0 radical (unpaired) electrons. The Morgan fingerprint density at radius 3 is 3.09 bits per heavy atom. The van der Waals surface area contributed by atoms with Crippen LogP contribution in [0.5, 0.6) is 0 Å². The van der Waals surface area contributed by atoms with E-state index in [1.165, 1.54) is 0 Å². The van der Waals surface area contributed by atoms with Gasteiger partial charge in [0.15, 0.2) is 0 Å². The second kappa shape index (κ2) is 3.09. The first-order valence-corrected chi connectivity index (χ1v) is 3.51. The number of hydrogen-bond acceptors (Lipinski definition) is 3. The Kier molecular flexibility index (Phi) is 2.34. The van der Waals surface area contributed by atoms with Crippen LogP contribution in [0, 0.1) is 0 Å². The average molecular weight is 157 g/mol. The lowest BCUT2D eigenvalue weighted by Gasteiger charge is -2.33. The van der Waals surface area contributed by atoms with Gasteiger partial charge in [0.1, 0.15) is 0 Å². The summed E-state index contributed by atoms with van der Waals surface area (Å²) >= 11 is 0. The van der Waals surface area contributed by atoms with Crippen LogP contribution in [0.1, 0.15) is 13.3 Å². The highest BCUT2D eigenvalue weighted by Crippen LogP contribution is 2.22. The highest BCUT2D eigenvalue weighted by molar-refractivity contribution is 4.90. The summed E-state index contributed by atoms with van der Waals surface area (Å²) in [5, 5.41) is 13.1. The largest absolute Gasteiger partial charge is 0.390 e. The first-order chi connectivity index (χ1) is 5.17. The topological polar surface area (TPSA) is 78.2 Å². The van der Waals surface area contributed by atoms with Gasteiger partial charge in [0.2, 0.25) is 0 Å². The molecular weight excluding hydrogens is 146 g/mol. The molecule has 11 heavy (non-hydrogen) atoms. The van der Waals surface area contributed by atoms with Crippen LogP contribution >= 0.6 is 0 Å². The molecule has 0 aromatic rings. The van der Waals surface area contributed by atoms with Gasteiger partial charge in [-0.05, 0) is 18.9 Å². The zero-order valence-electron chi connectivity index (χ0n) is 6.40. The molecule has 1 aliphatic heterocycles. The lowest BCUT2D eigenvalue weighted by molar-refractivity contribution is -0.0675. The third-order valence-corrected chi connectivity index (χ3v) is 1.94. The predicted molar refractivity (Wildman–Crippen MR) is 39.0 cm³/mol. The van der Waals surface area contributed by atoms with E-state index in [4.69, 9.17) is 10.3 Å². The van der Waals surface area contributed by atoms with Crippen LogP contribution in [0.3, 0.4) is 0 Å². The van der Waals surface area contributed by atoms with Crippen molar-refractivity contribution in [2.45, 2.75) is 25.0 Å². The first kappa shape index (κ1) is 8.33. The van der Waals surface area contributed by atoms with E-state index < -0.39 is 11.6 Å². The van der Waals surface area contributed by atoms with Gasteiger partial charge in [-0.25, -0.2) is 0 Å². The van der Waals surface area contributed by atoms with Crippen molar-refractivity contribution in [3.05, 3.63) is 10.4 Å². The molecule has 62 valence electrons. The Bertz CT molecular complexity index is 186. The van der Waals surface area contributed by atoms with Crippen molar-refractivity contribution in [3.63, 3.8) is 0 Å². The monoisotopic (exact) mass is 157 g/mol. The fourth-order valence-corrected chi connectivity index (χ4v) is 1.04. The SMILES string of the molecule is CC1(O)CCOCC1N=[N+]=[N-]. The Morgan fingerprint density at radius 1 is 1.82 bits per heavy atom. The molecule has 5 nitrogen and oxygen atoms in total. The first-order valence-electron chi connectivity index (χ1n) is 3.51. The Balaban J connectivity index is 2.66. The Morgan fingerprint density at radius 2 is 2.55 bits per heavy atom. The van der Waals surface area contributed by atoms with Crippen molar-refractivity contribution in [1.29, 1.82) is 0 Å². The van der Waals surface area contributed by atoms with Gasteiger partial charge in [0, 0.05) is 11.5 Å². The molecule has 0 bridgehead atoms. The zero-order chi connectivity index (χ0) is 8.32. The summed E-state index contributed by atoms with van der Waals surface area (Å²) < 4.78 is 5.05. The number of ether oxygens (including phenoxy) is 1. The molecule has 1 saturated heterocycles. The molecule has 1 aliphatic rings. The second-order valence-corrected chi connectivity index (χ2v) is 2.90. The lowest BCUT2D eigenvalue weighted by Crippen LogP contribution is -2.45. The molecule has 0 aromatic heterocycles. The standard InChI is InChI=1S/C6H11N3O2/c1-6(10)2-3-11-4-5(6)8-9-7/h5,10H,2-4H2,1H3. The predicted octanol–water partition coefficient (Wildman–Crippen LogP) is 0.837. The molecular formula is C6H11N3O2. The van der Waals surface area contributed by atoms with Gasteiger partial charge in [-0.3, -0.25) is 0 Å². The number of hydrogen-bond donors (Lipinski definition) is 1. The lowest BCUT2D eigenvalue weighted by atomic mass is 9.92. The molecule has 0 saturated carbocycles. The maximum atomic E-state index is 9.62. The van der Waals surface area contributed by atoms with Gasteiger partial charge < -0.3 is 9.84 Å². The number of nitrogens with zero attached hydrogens (tertiary/aromatic N) is 3. The fraction of sp³-hybridized carbons (Fsp3) is 1.00. The Hall–Kier alpha value is -0.770. The fourth-order valence-electron chi connectivity index (χ4n) is 1.04. The van der Waals surface area contributed by atoms with E-state index in [1.54, 1.807) is 6.92 Å². The van der Waals surface area contributed by atoms with E-state index >= 15 is 0 Å². The van der Waals surface area contributed by atoms with Crippen molar-refractivity contribution in [1.82, 2.24) is 0 Å². The average Bonchev–Trinajstić information content (AvgIpc) is 1.94. The minimum Gasteiger partial charge on any atom is -0.390 e. The van der Waals surface area contributed by atoms with Crippen LogP contribution in [0.4, 0.5) is 0 Å². The third kappa shape index (κ3) is 1.83. The van der Waals surface area contributed by atoms with Crippen LogP contribution in [-0.4, -0.2) is 30.0 Å². The summed E-state index contributed by atoms with van der Waals surface area (Å²) in [6.45, 7) is 2.51. The summed E-state index contributed by atoms with van der Waals surface area (Å²) in [4.78, 5) is 2.64. The minimum atomic E-state index is -0.898. The van der Waals surface area contributed by atoms with E-state index in [0.717, 1.165) is 0 Å². The molecule has 2 unspecified atom stereocenters. The van der Waals surface area contributed by atoms with Gasteiger partial charge in [-0.2, -0.15) is 0 Å². The van der Waals surface area contributed by atoms with Gasteiger partial charge in [-0.15, -0.1) is 0 Å². The molecule has 0 aromatic carbocycles. The van der Waals surface area contributed by atoms with Gasteiger partial charge in [0.25, 0.3) is 0 Å². The van der Waals surface area contributed by atoms with Crippen molar-refractivity contribution < 1.29 is 9.84 Å². The third-order valence-electron chi connectivity index (χ3n) is 1.94. The maximum Gasteiger partial charge on any atom is 0.0893 e. The molecule has 1 rings (SSSR count). The van der Waals surface area contributed by atoms with Gasteiger partial charge in [-0.1, -0.05) is 5.11 Å². The summed E-state index contributed by atoms with van der Waals surface area (Å²) in [5.41, 5.74) is 7.24. The van der Waals surface area contributed by atoms with Crippen molar-refractivity contribution >= 4 is 0 Å². The van der Waals surface area contributed by atoms with Crippen LogP contribution < -0.4 is 0 Å². The van der Waals surface area contributed by atoms with Crippen molar-refractivity contribution in [2.75, 3.05) is 13.2 Å². The van der Waals surface area contributed by atoms with Crippen molar-refractivity contribution in [3.8, 4) is 0 Å². The molecule has 1 N–H and O–H groups in total. The van der Waals surface area contributed by atoms with E-state index in [9.17, 15) is 5.11 Å². The van der Waals surface area contributed by atoms with Crippen LogP contribution in [-0.2, 0) is 4.74 Å². The summed E-state index contributed by atoms with van der Waals surface area (Å²) in [5.74, 6) is 0. The Labute approximate surface area is 64.6 Å². The smallest absolute Gasteiger partial charge is 0.0893 e. The van der Waals surface area contributed by atoms with Crippen LogP contribution in [0.25, 0.3) is 10.4 Å². The molecule has 5 heteroatoms. The van der Waals surface area contributed by atoms with Crippen molar-refractivity contribution in [2.24, 2.45) is 5.11 Å². The molecule has 2 atom stereocenters. The van der Waals surface area contributed by atoms with E-state index in [2.05, 4.69) is 10.0 Å². The molecule has 0 aliphatic carbocycles. The highest BCUT2D eigenvalue weighted by atomic mass is 16.5. The number of rotatable bonds is 1. The van der Waals surface area contributed by atoms with E-state index in [-0.39, 0.29) is 0 Å². The quantitative estimate of drug-likeness (QED) is 0.347. The minimum absolute atomic E-state index is 0.317. The van der Waals surface area contributed by atoms with Gasteiger partial charge in [0.05, 0.1) is 18.2 Å². The van der Waals surface area contributed by atoms with Gasteiger partial charge >= 0.3 is 0 Å². The summed E-state index contributed by atoms with van der Waals surface area (Å²) in [6, 6.07) is -0.443. The summed E-state index contributed by atoms with van der Waals surface area (Å²) in [6.07, 6.45) is 0.524. The second-order valence-electron chi connectivity index (χ2n) is 2.90. The maximum absolute atomic E-state index is 9.62. The normalized spacial score (nSPS) is 37.8. The van der Waals surface area contributed by atoms with Crippen LogP contribution in [0.2, 0.25) is 0 Å². The molecule has 0 spiro atoms.